The minimum absolute atomic E-state index is 0.568. The number of fused-ring (bicyclic) bond motifs is 1. The first kappa shape index (κ1) is 14.0. The fourth-order valence-corrected chi connectivity index (χ4v) is 2.95. The lowest BCUT2D eigenvalue weighted by atomic mass is 10.00. The second kappa shape index (κ2) is 5.67. The maximum atomic E-state index is 11.2. The summed E-state index contributed by atoms with van der Waals surface area (Å²) in [5, 5.41) is 14.3. The van der Waals surface area contributed by atoms with Gasteiger partial charge in [0.25, 0.3) is 0 Å². The number of carbonyl (C=O) groups is 1. The highest BCUT2D eigenvalue weighted by Gasteiger charge is 2.30. The van der Waals surface area contributed by atoms with Gasteiger partial charge in [-0.2, -0.15) is 0 Å². The Labute approximate surface area is 116 Å². The summed E-state index contributed by atoms with van der Waals surface area (Å²) in [6, 6.07) is 10.2. The summed E-state index contributed by atoms with van der Waals surface area (Å²) in [5.41, 5.74) is 0.249. The molecule has 0 spiro atoms. The van der Waals surface area contributed by atoms with Crippen LogP contribution >= 0.6 is 11.8 Å². The number of likely N-dealkylation sites (N-methyl/N-ethyl adjacent to an activating group) is 1. The molecule has 5 heteroatoms. The molecule has 0 aliphatic rings. The lowest BCUT2D eigenvalue weighted by Crippen LogP contribution is -2.47. The van der Waals surface area contributed by atoms with E-state index in [1.54, 1.807) is 25.7 Å². The van der Waals surface area contributed by atoms with Gasteiger partial charge in [-0.25, -0.2) is 0 Å². The number of aromatic nitrogens is 1. The molecule has 0 saturated carbocycles. The second-order valence-corrected chi connectivity index (χ2v) is 5.84. The SMILES string of the molecule is CNC(C)(CCSc1cc2ccccc2[nH]1)C(=O)O. The van der Waals surface area contributed by atoms with Crippen LogP contribution in [0.3, 0.4) is 0 Å². The van der Waals surface area contributed by atoms with Gasteiger partial charge in [0.15, 0.2) is 0 Å². The average molecular weight is 278 g/mol. The Morgan fingerprint density at radius 1 is 1.47 bits per heavy atom. The van der Waals surface area contributed by atoms with Crippen molar-refractivity contribution >= 4 is 28.6 Å². The first-order valence-electron chi connectivity index (χ1n) is 6.18. The van der Waals surface area contributed by atoms with Gasteiger partial charge >= 0.3 is 5.97 Å². The lowest BCUT2D eigenvalue weighted by molar-refractivity contribution is -0.144. The second-order valence-electron chi connectivity index (χ2n) is 4.71. The summed E-state index contributed by atoms with van der Waals surface area (Å²) in [7, 11) is 1.68. The third kappa shape index (κ3) is 3.11. The summed E-state index contributed by atoms with van der Waals surface area (Å²) >= 11 is 1.65. The summed E-state index contributed by atoms with van der Waals surface area (Å²) in [6.45, 7) is 1.71. The number of rotatable bonds is 6. The molecule has 2 aromatic rings. The van der Waals surface area contributed by atoms with Crippen LogP contribution in [-0.4, -0.2) is 34.4 Å². The van der Waals surface area contributed by atoms with Crippen LogP contribution in [0.5, 0.6) is 0 Å². The quantitative estimate of drug-likeness (QED) is 0.711. The van der Waals surface area contributed by atoms with Crippen LogP contribution in [0, 0.1) is 0 Å². The number of hydrogen-bond acceptors (Lipinski definition) is 3. The highest BCUT2D eigenvalue weighted by molar-refractivity contribution is 7.99. The number of aliphatic carboxylic acids is 1. The van der Waals surface area contributed by atoms with Crippen LogP contribution in [0.2, 0.25) is 0 Å². The van der Waals surface area contributed by atoms with Crippen LogP contribution in [0.1, 0.15) is 13.3 Å². The standard InChI is InChI=1S/C14H18N2O2S/c1-14(15-2,13(17)18)7-8-19-12-9-10-5-3-4-6-11(10)16-12/h3-6,9,15-16H,7-8H2,1-2H3,(H,17,18). The fourth-order valence-electron chi connectivity index (χ4n) is 1.83. The minimum Gasteiger partial charge on any atom is -0.480 e. The monoisotopic (exact) mass is 278 g/mol. The van der Waals surface area contributed by atoms with Gasteiger partial charge in [-0.15, -0.1) is 11.8 Å². The molecule has 2 rings (SSSR count). The minimum atomic E-state index is -0.862. The number of benzene rings is 1. The van der Waals surface area contributed by atoms with Crippen molar-refractivity contribution in [2.45, 2.75) is 23.9 Å². The molecule has 1 heterocycles. The Kier molecular flexibility index (Phi) is 4.17. The molecule has 0 saturated heterocycles. The topological polar surface area (TPSA) is 65.1 Å². The molecule has 4 nitrogen and oxygen atoms in total. The first-order chi connectivity index (χ1) is 9.05. The number of carboxylic acid groups (broad SMARTS) is 1. The van der Waals surface area contributed by atoms with Gasteiger partial charge in [0, 0.05) is 16.7 Å². The number of hydrogen-bond donors (Lipinski definition) is 3. The zero-order valence-electron chi connectivity index (χ0n) is 11.1. The normalized spacial score (nSPS) is 14.4. The highest BCUT2D eigenvalue weighted by atomic mass is 32.2. The van der Waals surface area contributed by atoms with E-state index in [0.29, 0.717) is 6.42 Å². The van der Waals surface area contributed by atoms with E-state index in [0.717, 1.165) is 16.3 Å². The van der Waals surface area contributed by atoms with Crippen molar-refractivity contribution in [3.63, 3.8) is 0 Å². The van der Waals surface area contributed by atoms with Crippen molar-refractivity contribution in [3.8, 4) is 0 Å². The smallest absolute Gasteiger partial charge is 0.323 e. The molecule has 1 unspecified atom stereocenters. The van der Waals surface area contributed by atoms with Gasteiger partial charge in [0.1, 0.15) is 5.54 Å². The van der Waals surface area contributed by atoms with E-state index in [9.17, 15) is 4.79 Å². The third-order valence-corrected chi connectivity index (χ3v) is 4.33. The van der Waals surface area contributed by atoms with Gasteiger partial charge in [0.05, 0.1) is 5.03 Å². The van der Waals surface area contributed by atoms with Crippen molar-refractivity contribution in [2.75, 3.05) is 12.8 Å². The molecular formula is C14H18N2O2S. The van der Waals surface area contributed by atoms with Crippen molar-refractivity contribution in [1.29, 1.82) is 0 Å². The summed E-state index contributed by atoms with van der Waals surface area (Å²) in [6.07, 6.45) is 0.568. The Morgan fingerprint density at radius 3 is 2.84 bits per heavy atom. The molecule has 102 valence electrons. The van der Waals surface area contributed by atoms with E-state index in [1.807, 2.05) is 18.2 Å². The van der Waals surface area contributed by atoms with Crippen LogP contribution in [0.25, 0.3) is 10.9 Å². The van der Waals surface area contributed by atoms with Gasteiger partial charge in [-0.05, 0) is 32.5 Å². The molecule has 0 amide bonds. The van der Waals surface area contributed by atoms with E-state index >= 15 is 0 Å². The molecule has 1 aromatic carbocycles. The van der Waals surface area contributed by atoms with Crippen LogP contribution in [-0.2, 0) is 4.79 Å². The molecule has 0 aliphatic carbocycles. The largest absolute Gasteiger partial charge is 0.480 e. The summed E-state index contributed by atoms with van der Waals surface area (Å²) in [5.74, 6) is -0.0662. The number of H-pyrrole nitrogens is 1. The third-order valence-electron chi connectivity index (χ3n) is 3.39. The molecular weight excluding hydrogens is 260 g/mol. The van der Waals surface area contributed by atoms with E-state index in [1.165, 1.54) is 5.39 Å². The lowest BCUT2D eigenvalue weighted by Gasteiger charge is -2.23. The van der Waals surface area contributed by atoms with Crippen LogP contribution in [0.15, 0.2) is 35.4 Å². The number of thioether (sulfide) groups is 1. The van der Waals surface area contributed by atoms with Gasteiger partial charge in [-0.1, -0.05) is 18.2 Å². The zero-order valence-corrected chi connectivity index (χ0v) is 11.9. The number of nitrogens with one attached hydrogen (secondary N) is 2. The number of para-hydroxylation sites is 1. The maximum absolute atomic E-state index is 11.2. The number of aromatic amines is 1. The molecule has 19 heavy (non-hydrogen) atoms. The van der Waals surface area contributed by atoms with Crippen molar-refractivity contribution in [1.82, 2.24) is 10.3 Å². The van der Waals surface area contributed by atoms with Crippen molar-refractivity contribution in [3.05, 3.63) is 30.3 Å². The van der Waals surface area contributed by atoms with Gasteiger partial charge in [0.2, 0.25) is 0 Å². The van der Waals surface area contributed by atoms with Gasteiger partial charge in [-0.3, -0.25) is 4.79 Å². The zero-order chi connectivity index (χ0) is 13.9. The average Bonchev–Trinajstić information content (AvgIpc) is 2.80. The molecule has 0 bridgehead atoms. The Hall–Kier alpha value is -1.46. The van der Waals surface area contributed by atoms with Crippen LogP contribution < -0.4 is 5.32 Å². The van der Waals surface area contributed by atoms with Gasteiger partial charge < -0.3 is 15.4 Å². The molecule has 0 aliphatic heterocycles. The van der Waals surface area contributed by atoms with Crippen LogP contribution in [0.4, 0.5) is 0 Å². The fraction of sp³-hybridized carbons (Fsp3) is 0.357. The van der Waals surface area contributed by atoms with E-state index in [2.05, 4.69) is 22.4 Å². The molecule has 1 aromatic heterocycles. The molecule has 0 fully saturated rings. The Morgan fingerprint density at radius 2 is 2.21 bits per heavy atom. The van der Waals surface area contributed by atoms with E-state index in [-0.39, 0.29) is 0 Å². The molecule has 3 N–H and O–H groups in total. The predicted molar refractivity (Wildman–Crippen MR) is 78.7 cm³/mol. The van der Waals surface area contributed by atoms with Crippen molar-refractivity contribution in [2.24, 2.45) is 0 Å². The Bertz CT molecular complexity index is 549. The molecule has 1 atom stereocenters. The first-order valence-corrected chi connectivity index (χ1v) is 7.16. The predicted octanol–water partition coefficient (Wildman–Crippen LogP) is 2.71. The van der Waals surface area contributed by atoms with E-state index in [4.69, 9.17) is 5.11 Å². The number of carboxylic acids is 1. The van der Waals surface area contributed by atoms with E-state index < -0.39 is 11.5 Å². The molecule has 0 radical (unpaired) electrons. The Balaban J connectivity index is 1.97. The maximum Gasteiger partial charge on any atom is 0.323 e. The summed E-state index contributed by atoms with van der Waals surface area (Å²) < 4.78 is 0. The van der Waals surface area contributed by atoms with Crippen molar-refractivity contribution < 1.29 is 9.90 Å². The summed E-state index contributed by atoms with van der Waals surface area (Å²) in [4.78, 5) is 14.5. The highest BCUT2D eigenvalue weighted by Crippen LogP contribution is 2.25.